The molecule has 0 unspecified atom stereocenters. The average Bonchev–Trinajstić information content (AvgIpc) is 2.61. The summed E-state index contributed by atoms with van der Waals surface area (Å²) in [7, 11) is 1.33. The molecule has 1 amide bonds. The third-order valence-corrected chi connectivity index (χ3v) is 3.25. The van der Waals surface area contributed by atoms with Crippen LogP contribution in [0.25, 0.3) is 0 Å². The molecule has 10 heteroatoms. The second kappa shape index (κ2) is 8.02. The van der Waals surface area contributed by atoms with Crippen LogP contribution < -0.4 is 20.9 Å². The molecule has 2 aromatic carbocycles. The van der Waals surface area contributed by atoms with Gasteiger partial charge in [0.1, 0.15) is 11.6 Å². The number of thiocarbonyl (C=S) groups is 1. The van der Waals surface area contributed by atoms with Gasteiger partial charge in [-0.2, -0.15) is 0 Å². The number of carbonyl (C=O) groups excluding carboxylic acids is 1. The fourth-order valence-corrected chi connectivity index (χ4v) is 2.04. The van der Waals surface area contributed by atoms with Crippen molar-refractivity contribution in [3.05, 3.63) is 64.0 Å². The van der Waals surface area contributed by atoms with E-state index >= 15 is 0 Å². The summed E-state index contributed by atoms with van der Waals surface area (Å²) in [6, 6.07) is 9.44. The number of carbonyl (C=O) groups is 1. The molecule has 130 valence electrons. The molecule has 0 atom stereocenters. The molecule has 0 spiro atoms. The van der Waals surface area contributed by atoms with Crippen LogP contribution in [0.3, 0.4) is 0 Å². The molecule has 3 N–H and O–H groups in total. The SMILES string of the molecule is COc1ccc([N+](=O)[O-])cc1C(=O)NNC(=S)Nc1ccccc1F. The summed E-state index contributed by atoms with van der Waals surface area (Å²) >= 11 is 4.95. The Morgan fingerprint density at radius 3 is 2.60 bits per heavy atom. The van der Waals surface area contributed by atoms with Gasteiger partial charge >= 0.3 is 0 Å². The number of non-ortho nitro benzene ring substituents is 1. The van der Waals surface area contributed by atoms with Crippen molar-refractivity contribution in [1.82, 2.24) is 10.9 Å². The Morgan fingerprint density at radius 2 is 1.96 bits per heavy atom. The number of nitro groups is 1. The lowest BCUT2D eigenvalue weighted by molar-refractivity contribution is -0.384. The zero-order valence-corrected chi connectivity index (χ0v) is 13.7. The molecule has 0 heterocycles. The van der Waals surface area contributed by atoms with Gasteiger partial charge in [-0.3, -0.25) is 25.8 Å². The van der Waals surface area contributed by atoms with E-state index in [9.17, 15) is 19.3 Å². The van der Waals surface area contributed by atoms with Gasteiger partial charge in [-0.1, -0.05) is 12.1 Å². The van der Waals surface area contributed by atoms with Crippen molar-refractivity contribution in [3.63, 3.8) is 0 Å². The van der Waals surface area contributed by atoms with E-state index in [1.165, 1.54) is 37.4 Å². The minimum absolute atomic E-state index is 0.0575. The number of para-hydroxylation sites is 1. The highest BCUT2D eigenvalue weighted by molar-refractivity contribution is 7.80. The molecule has 0 aromatic heterocycles. The summed E-state index contributed by atoms with van der Waals surface area (Å²) in [5.41, 5.74) is 4.45. The molecule has 0 fully saturated rings. The van der Waals surface area contributed by atoms with Crippen LogP contribution in [0, 0.1) is 15.9 Å². The van der Waals surface area contributed by atoms with Crippen molar-refractivity contribution < 1.29 is 18.8 Å². The molecule has 0 radical (unpaired) electrons. The number of ether oxygens (including phenoxy) is 1. The maximum absolute atomic E-state index is 13.5. The highest BCUT2D eigenvalue weighted by Gasteiger charge is 2.17. The molecular weight excluding hydrogens is 351 g/mol. The topological polar surface area (TPSA) is 106 Å². The van der Waals surface area contributed by atoms with Crippen LogP contribution in [0.1, 0.15) is 10.4 Å². The van der Waals surface area contributed by atoms with Gasteiger partial charge in [-0.25, -0.2) is 4.39 Å². The zero-order chi connectivity index (χ0) is 18.4. The summed E-state index contributed by atoms with van der Waals surface area (Å²) in [6.45, 7) is 0. The molecule has 2 rings (SSSR count). The van der Waals surface area contributed by atoms with Crippen molar-refractivity contribution in [3.8, 4) is 5.75 Å². The summed E-state index contributed by atoms with van der Waals surface area (Å²) in [6.07, 6.45) is 0. The van der Waals surface area contributed by atoms with Gasteiger partial charge in [0.25, 0.3) is 11.6 Å². The second-order valence-corrected chi connectivity index (χ2v) is 5.06. The van der Waals surface area contributed by atoms with Crippen LogP contribution >= 0.6 is 12.2 Å². The van der Waals surface area contributed by atoms with Crippen LogP contribution in [-0.4, -0.2) is 23.1 Å². The van der Waals surface area contributed by atoms with Crippen molar-refractivity contribution in [2.75, 3.05) is 12.4 Å². The van der Waals surface area contributed by atoms with Crippen LogP contribution in [0.4, 0.5) is 15.8 Å². The number of halogens is 1. The fourth-order valence-electron chi connectivity index (χ4n) is 1.88. The van der Waals surface area contributed by atoms with E-state index in [1.54, 1.807) is 6.07 Å². The lowest BCUT2D eigenvalue weighted by atomic mass is 10.1. The Hall–Kier alpha value is -3.27. The first-order chi connectivity index (χ1) is 11.9. The minimum Gasteiger partial charge on any atom is -0.496 e. The van der Waals surface area contributed by atoms with Crippen molar-refractivity contribution in [1.29, 1.82) is 0 Å². The number of methoxy groups -OCH3 is 1. The summed E-state index contributed by atoms with van der Waals surface area (Å²) in [5, 5.41) is 13.3. The van der Waals surface area contributed by atoms with Crippen molar-refractivity contribution in [2.24, 2.45) is 0 Å². The second-order valence-electron chi connectivity index (χ2n) is 4.65. The third-order valence-electron chi connectivity index (χ3n) is 3.05. The van der Waals surface area contributed by atoms with Gasteiger partial charge in [-0.15, -0.1) is 0 Å². The average molecular weight is 364 g/mol. The predicted octanol–water partition coefficient (Wildman–Crippen LogP) is 2.37. The number of hydrogen-bond donors (Lipinski definition) is 3. The van der Waals surface area contributed by atoms with Crippen molar-refractivity contribution in [2.45, 2.75) is 0 Å². The first kappa shape index (κ1) is 18.1. The van der Waals surface area contributed by atoms with Crippen LogP contribution in [0.2, 0.25) is 0 Å². The van der Waals surface area contributed by atoms with E-state index in [-0.39, 0.29) is 27.8 Å². The number of nitro benzene ring substituents is 1. The molecule has 0 aliphatic carbocycles. The van der Waals surface area contributed by atoms with E-state index in [0.29, 0.717) is 0 Å². The van der Waals surface area contributed by atoms with E-state index < -0.39 is 16.6 Å². The van der Waals surface area contributed by atoms with E-state index in [0.717, 1.165) is 6.07 Å². The highest BCUT2D eigenvalue weighted by atomic mass is 32.1. The molecule has 0 aliphatic heterocycles. The zero-order valence-electron chi connectivity index (χ0n) is 12.9. The highest BCUT2D eigenvalue weighted by Crippen LogP contribution is 2.23. The Kier molecular flexibility index (Phi) is 5.79. The van der Waals surface area contributed by atoms with E-state index in [1.807, 2.05) is 0 Å². The normalized spacial score (nSPS) is 9.84. The summed E-state index contributed by atoms with van der Waals surface area (Å²) in [4.78, 5) is 22.4. The van der Waals surface area contributed by atoms with Gasteiger partial charge in [0.15, 0.2) is 5.11 Å². The number of hydrogen-bond acceptors (Lipinski definition) is 5. The van der Waals surface area contributed by atoms with Crippen LogP contribution in [0.5, 0.6) is 5.75 Å². The van der Waals surface area contributed by atoms with Gasteiger partial charge in [-0.05, 0) is 30.4 Å². The quantitative estimate of drug-likeness (QED) is 0.434. The molecule has 2 aromatic rings. The Morgan fingerprint density at radius 1 is 1.24 bits per heavy atom. The first-order valence-corrected chi connectivity index (χ1v) is 7.27. The molecular formula is C15H13FN4O4S. The van der Waals surface area contributed by atoms with Gasteiger partial charge in [0.2, 0.25) is 0 Å². The van der Waals surface area contributed by atoms with Gasteiger partial charge in [0, 0.05) is 12.1 Å². The lowest BCUT2D eigenvalue weighted by Gasteiger charge is -2.13. The first-order valence-electron chi connectivity index (χ1n) is 6.86. The van der Waals surface area contributed by atoms with Gasteiger partial charge in [0.05, 0.1) is 23.3 Å². The van der Waals surface area contributed by atoms with Crippen LogP contribution in [-0.2, 0) is 0 Å². The molecule has 0 bridgehead atoms. The number of rotatable bonds is 4. The maximum Gasteiger partial charge on any atom is 0.273 e. The molecule has 25 heavy (non-hydrogen) atoms. The monoisotopic (exact) mass is 364 g/mol. The predicted molar refractivity (Wildman–Crippen MR) is 92.9 cm³/mol. The minimum atomic E-state index is -0.710. The van der Waals surface area contributed by atoms with Crippen molar-refractivity contribution >= 4 is 34.6 Å². The molecule has 0 saturated carbocycles. The fraction of sp³-hybridized carbons (Fsp3) is 0.0667. The smallest absolute Gasteiger partial charge is 0.273 e. The maximum atomic E-state index is 13.5. The number of nitrogens with zero attached hydrogens (tertiary/aromatic N) is 1. The van der Waals surface area contributed by atoms with E-state index in [4.69, 9.17) is 17.0 Å². The molecule has 0 saturated heterocycles. The van der Waals surface area contributed by atoms with Gasteiger partial charge < -0.3 is 10.1 Å². The van der Waals surface area contributed by atoms with E-state index in [2.05, 4.69) is 16.2 Å². The number of hydrazine groups is 1. The Balaban J connectivity index is 2.04. The number of anilines is 1. The van der Waals surface area contributed by atoms with Crippen LogP contribution in [0.15, 0.2) is 42.5 Å². The molecule has 0 aliphatic rings. The number of amides is 1. The summed E-state index contributed by atoms with van der Waals surface area (Å²) in [5.74, 6) is -1.07. The third kappa shape index (κ3) is 4.61. The summed E-state index contributed by atoms with van der Waals surface area (Å²) < 4.78 is 18.5. The number of benzene rings is 2. The lowest BCUT2D eigenvalue weighted by Crippen LogP contribution is -2.44. The Bertz CT molecular complexity index is 831. The standard InChI is InChI=1S/C15H13FN4O4S/c1-24-13-7-6-9(20(22)23)8-10(13)14(21)18-19-15(25)17-12-5-3-2-4-11(12)16/h2-8H,1H3,(H,18,21)(H2,17,19,25). The Labute approximate surface area is 147 Å². The largest absolute Gasteiger partial charge is 0.496 e. The number of nitrogens with one attached hydrogen (secondary N) is 3. The molecule has 8 nitrogen and oxygen atoms in total.